The highest BCUT2D eigenvalue weighted by Gasteiger charge is 2.23. The molecule has 0 spiro atoms. The predicted molar refractivity (Wildman–Crippen MR) is 107 cm³/mol. The van der Waals surface area contributed by atoms with Gasteiger partial charge in [-0.3, -0.25) is 4.79 Å². The smallest absolute Gasteiger partial charge is 0.355 e. The molecule has 1 unspecified atom stereocenters. The second-order valence-electron chi connectivity index (χ2n) is 5.76. The summed E-state index contributed by atoms with van der Waals surface area (Å²) in [4.78, 5) is 31.8. The van der Waals surface area contributed by atoms with E-state index in [0.717, 1.165) is 5.57 Å². The van der Waals surface area contributed by atoms with Gasteiger partial charge in [0, 0.05) is 41.4 Å². The molecule has 1 aliphatic heterocycles. The molecule has 0 radical (unpaired) electrons. The van der Waals surface area contributed by atoms with Crippen molar-refractivity contribution in [3.05, 3.63) is 52.6 Å². The van der Waals surface area contributed by atoms with Crippen molar-refractivity contribution < 1.29 is 14.7 Å². The summed E-state index contributed by atoms with van der Waals surface area (Å²) in [6.45, 7) is 7.65. The fraction of sp³-hybridized carbons (Fsp3) is 0.300. The molecule has 0 aromatic carbocycles. The first-order valence-electron chi connectivity index (χ1n) is 8.78. The number of pyridine rings is 2. The topological polar surface area (TPSA) is 92.2 Å². The Morgan fingerprint density at radius 3 is 2.59 bits per heavy atom. The van der Waals surface area contributed by atoms with E-state index in [2.05, 4.69) is 15.3 Å². The predicted octanol–water partition coefficient (Wildman–Crippen LogP) is 4.25. The van der Waals surface area contributed by atoms with E-state index in [9.17, 15) is 14.7 Å². The number of dihydropyridines is 1. The maximum Gasteiger partial charge on any atom is 0.355 e. The molecule has 142 valence electrons. The summed E-state index contributed by atoms with van der Waals surface area (Å²) in [7, 11) is 0. The molecule has 7 heteroatoms. The number of aromatic carboxylic acids is 1. The summed E-state index contributed by atoms with van der Waals surface area (Å²) in [6.07, 6.45) is 5.46. The Morgan fingerprint density at radius 1 is 1.30 bits per heavy atom. The third-order valence-electron chi connectivity index (χ3n) is 4.10. The number of fused-ring (bicyclic) bond motifs is 1. The molecule has 0 amide bonds. The summed E-state index contributed by atoms with van der Waals surface area (Å²) in [6, 6.07) is 2.86. The lowest BCUT2D eigenvalue weighted by Gasteiger charge is -2.22. The molecule has 1 aliphatic rings. The summed E-state index contributed by atoms with van der Waals surface area (Å²) in [5.41, 5.74) is 2.35. The number of nitrogens with zero attached hydrogens (tertiary/aromatic N) is 2. The molecule has 0 saturated heterocycles. The Hall–Kier alpha value is -2.73. The van der Waals surface area contributed by atoms with Crippen molar-refractivity contribution in [2.24, 2.45) is 0 Å². The first-order chi connectivity index (χ1) is 12.9. The number of aromatic nitrogens is 2. The monoisotopic (exact) mass is 387 g/mol. The van der Waals surface area contributed by atoms with E-state index in [4.69, 9.17) is 11.6 Å². The van der Waals surface area contributed by atoms with Gasteiger partial charge in [0.05, 0.1) is 5.52 Å². The van der Waals surface area contributed by atoms with Crippen LogP contribution in [-0.2, 0) is 4.79 Å². The van der Waals surface area contributed by atoms with Crippen molar-refractivity contribution in [1.82, 2.24) is 15.3 Å². The lowest BCUT2D eigenvalue weighted by atomic mass is 9.92. The van der Waals surface area contributed by atoms with Crippen LogP contribution in [0.15, 0.2) is 36.2 Å². The van der Waals surface area contributed by atoms with Crippen LogP contribution in [0.2, 0.25) is 5.15 Å². The molecule has 27 heavy (non-hydrogen) atoms. The van der Waals surface area contributed by atoms with E-state index in [-0.39, 0.29) is 16.6 Å². The third-order valence-corrected chi connectivity index (χ3v) is 4.31. The van der Waals surface area contributed by atoms with Gasteiger partial charge < -0.3 is 10.4 Å². The van der Waals surface area contributed by atoms with Crippen molar-refractivity contribution in [2.75, 3.05) is 0 Å². The molecule has 2 aromatic heterocycles. The maximum absolute atomic E-state index is 11.9. The van der Waals surface area contributed by atoms with Crippen LogP contribution in [0.5, 0.6) is 0 Å². The van der Waals surface area contributed by atoms with E-state index < -0.39 is 12.0 Å². The summed E-state index contributed by atoms with van der Waals surface area (Å²) in [5.74, 6) is -1.06. The van der Waals surface area contributed by atoms with E-state index in [1.54, 1.807) is 31.5 Å². The van der Waals surface area contributed by atoms with Gasteiger partial charge in [0.25, 0.3) is 0 Å². The molecular weight excluding hydrogens is 366 g/mol. The quantitative estimate of drug-likeness (QED) is 0.762. The molecule has 0 saturated carbocycles. The van der Waals surface area contributed by atoms with Crippen molar-refractivity contribution in [3.63, 3.8) is 0 Å². The zero-order valence-electron chi connectivity index (χ0n) is 15.7. The van der Waals surface area contributed by atoms with Crippen LogP contribution in [0.25, 0.3) is 16.5 Å². The Kier molecular flexibility index (Phi) is 6.69. The van der Waals surface area contributed by atoms with E-state index in [1.165, 1.54) is 6.07 Å². The molecule has 6 nitrogen and oxygen atoms in total. The fourth-order valence-electron chi connectivity index (χ4n) is 2.78. The van der Waals surface area contributed by atoms with Gasteiger partial charge in [-0.25, -0.2) is 14.8 Å². The van der Waals surface area contributed by atoms with Crippen molar-refractivity contribution in [1.29, 1.82) is 0 Å². The fourth-order valence-corrected chi connectivity index (χ4v) is 2.93. The molecule has 0 aliphatic carbocycles. The largest absolute Gasteiger partial charge is 0.476 e. The van der Waals surface area contributed by atoms with Gasteiger partial charge in [0.2, 0.25) is 0 Å². The lowest BCUT2D eigenvalue weighted by molar-refractivity contribution is -0.119. The number of Topliss-reactive ketones (excluding diaryl/α,β-unsaturated/α-hetero) is 1. The number of rotatable bonds is 4. The maximum atomic E-state index is 11.9. The lowest BCUT2D eigenvalue weighted by Crippen LogP contribution is -2.33. The van der Waals surface area contributed by atoms with E-state index in [1.807, 2.05) is 20.8 Å². The van der Waals surface area contributed by atoms with Gasteiger partial charge in [-0.15, -0.1) is 0 Å². The van der Waals surface area contributed by atoms with Crippen molar-refractivity contribution in [2.45, 2.75) is 40.2 Å². The Bertz CT molecular complexity index is 951. The molecule has 0 bridgehead atoms. The van der Waals surface area contributed by atoms with Crippen molar-refractivity contribution in [3.8, 4) is 0 Å². The number of hydrogen-bond acceptors (Lipinski definition) is 5. The molecule has 2 N–H and O–H groups in total. The van der Waals surface area contributed by atoms with Gasteiger partial charge >= 0.3 is 5.97 Å². The Balaban J connectivity index is 0.00000126. The molecular formula is C20H22ClN3O3. The van der Waals surface area contributed by atoms with Crippen LogP contribution in [-0.4, -0.2) is 32.9 Å². The number of carbonyl (C=O) groups excluding carboxylic acids is 1. The summed E-state index contributed by atoms with van der Waals surface area (Å²) < 4.78 is 0. The molecule has 3 heterocycles. The van der Waals surface area contributed by atoms with Gasteiger partial charge in [0.1, 0.15) is 11.2 Å². The van der Waals surface area contributed by atoms with Crippen LogP contribution in [0.4, 0.5) is 0 Å². The highest BCUT2D eigenvalue weighted by molar-refractivity contribution is 6.30. The Morgan fingerprint density at radius 2 is 2.00 bits per heavy atom. The molecule has 3 rings (SSSR count). The van der Waals surface area contributed by atoms with Gasteiger partial charge in [-0.2, -0.15) is 0 Å². The highest BCUT2D eigenvalue weighted by Crippen LogP contribution is 2.30. The number of carboxylic acid groups (broad SMARTS) is 1. The molecule has 0 fully saturated rings. The minimum atomic E-state index is -1.13. The number of carboxylic acids is 1. The summed E-state index contributed by atoms with van der Waals surface area (Å²) >= 11 is 5.86. The zero-order valence-corrected chi connectivity index (χ0v) is 16.5. The second-order valence-corrected chi connectivity index (χ2v) is 6.15. The number of hydrogen-bond donors (Lipinski definition) is 2. The number of ketones is 1. The van der Waals surface area contributed by atoms with Gasteiger partial charge in [-0.1, -0.05) is 38.4 Å². The first kappa shape index (κ1) is 20.6. The average Bonchev–Trinajstić information content (AvgIpc) is 2.67. The standard InChI is InChI=1S/C18H16ClN3O3.C2H6/c1-3-15(23)14-4-9(2)12(8-20-14)11-5-10-7-21-16(19)6-13(10)22-17(11)18(24)25;1-2/h4-8,14,20H,3H2,1-2H3,(H,24,25);1-2H3. The average molecular weight is 388 g/mol. The van der Waals surface area contributed by atoms with E-state index in [0.29, 0.717) is 28.5 Å². The zero-order chi connectivity index (χ0) is 20.1. The number of nitrogens with one attached hydrogen (secondary N) is 1. The minimum absolute atomic E-state index is 0.0728. The molecule has 1 atom stereocenters. The van der Waals surface area contributed by atoms with Crippen LogP contribution >= 0.6 is 11.6 Å². The number of carbonyl (C=O) groups is 2. The first-order valence-corrected chi connectivity index (χ1v) is 9.16. The number of allylic oxidation sites excluding steroid dienone is 2. The minimum Gasteiger partial charge on any atom is -0.476 e. The van der Waals surface area contributed by atoms with Crippen LogP contribution in [0.3, 0.4) is 0 Å². The molecule has 2 aromatic rings. The van der Waals surface area contributed by atoms with Gasteiger partial charge in [0.15, 0.2) is 11.5 Å². The Labute approximate surface area is 163 Å². The summed E-state index contributed by atoms with van der Waals surface area (Å²) in [5, 5.41) is 13.5. The van der Waals surface area contributed by atoms with Crippen molar-refractivity contribution >= 4 is 39.8 Å². The van der Waals surface area contributed by atoms with E-state index >= 15 is 0 Å². The van der Waals surface area contributed by atoms with Crippen LogP contribution in [0, 0.1) is 0 Å². The van der Waals surface area contributed by atoms with Crippen LogP contribution < -0.4 is 5.32 Å². The van der Waals surface area contributed by atoms with Crippen LogP contribution in [0.1, 0.15) is 50.2 Å². The SMILES string of the molecule is CC.CCC(=O)C1C=C(C)C(c2cc3cnc(Cl)cc3nc2C(=O)O)=CN1. The number of halogens is 1. The highest BCUT2D eigenvalue weighted by atomic mass is 35.5. The van der Waals surface area contributed by atoms with Gasteiger partial charge in [-0.05, 0) is 18.6 Å². The third kappa shape index (κ3) is 4.34. The normalized spacial score (nSPS) is 15.8. The second kappa shape index (κ2) is 8.77.